The maximum Gasteiger partial charge on any atom is 0.307 e. The van der Waals surface area contributed by atoms with Crippen LogP contribution < -0.4 is 10.6 Å². The van der Waals surface area contributed by atoms with Crippen LogP contribution in [0.2, 0.25) is 0 Å². The van der Waals surface area contributed by atoms with Crippen molar-refractivity contribution >= 4 is 12.0 Å². The summed E-state index contributed by atoms with van der Waals surface area (Å²) >= 11 is 0. The minimum absolute atomic E-state index is 0.112. The third kappa shape index (κ3) is 7.60. The highest BCUT2D eigenvalue weighted by Gasteiger charge is 2.39. The van der Waals surface area contributed by atoms with Gasteiger partial charge in [-0.25, -0.2) is 0 Å². The zero-order valence-corrected chi connectivity index (χ0v) is 18.5. The summed E-state index contributed by atoms with van der Waals surface area (Å²) < 4.78 is 5.37. The Morgan fingerprint density at radius 3 is 2.41 bits per heavy atom. The molecule has 0 aliphatic heterocycles. The average Bonchev–Trinajstić information content (AvgIpc) is 3.42. The van der Waals surface area contributed by atoms with E-state index < -0.39 is 5.60 Å². The van der Waals surface area contributed by atoms with Gasteiger partial charge in [0, 0.05) is 24.7 Å². The van der Waals surface area contributed by atoms with Crippen molar-refractivity contribution in [1.82, 2.24) is 10.6 Å². The third-order valence-corrected chi connectivity index (χ3v) is 5.93. The van der Waals surface area contributed by atoms with Crippen molar-refractivity contribution in [3.8, 4) is 0 Å². The topological polar surface area (TPSA) is 50.4 Å². The van der Waals surface area contributed by atoms with Gasteiger partial charge in [0.2, 0.25) is 0 Å². The van der Waals surface area contributed by atoms with Crippen LogP contribution in [0.15, 0.2) is 35.9 Å². The summed E-state index contributed by atoms with van der Waals surface area (Å²) in [5, 5.41) is 7.43. The molecule has 2 N–H and O–H groups in total. The molecule has 0 heterocycles. The maximum atomic E-state index is 11.8. The molecule has 29 heavy (non-hydrogen) atoms. The van der Waals surface area contributed by atoms with Gasteiger partial charge in [0.25, 0.3) is 0 Å². The van der Waals surface area contributed by atoms with Crippen molar-refractivity contribution < 1.29 is 9.53 Å². The zero-order chi connectivity index (χ0) is 20.9. The van der Waals surface area contributed by atoms with E-state index in [1.165, 1.54) is 43.2 Å². The second-order valence-electron chi connectivity index (χ2n) is 9.75. The fraction of sp³-hybridized carbons (Fsp3) is 0.640. The SMILES string of the molecule is CC(=Cc1ccccc1)C1CC1NC1CCC(NCCC(=O)OC(C)(C)C)CC1. The predicted octanol–water partition coefficient (Wildman–Crippen LogP) is 4.70. The van der Waals surface area contributed by atoms with E-state index in [0.29, 0.717) is 37.0 Å². The lowest BCUT2D eigenvalue weighted by Gasteiger charge is -2.30. The minimum Gasteiger partial charge on any atom is -0.460 e. The quantitative estimate of drug-likeness (QED) is 0.623. The van der Waals surface area contributed by atoms with Crippen LogP contribution in [0.5, 0.6) is 0 Å². The van der Waals surface area contributed by atoms with Crippen LogP contribution in [-0.2, 0) is 9.53 Å². The normalized spacial score (nSPS) is 27.5. The first kappa shape index (κ1) is 22.0. The summed E-state index contributed by atoms with van der Waals surface area (Å²) in [6.45, 7) is 8.72. The van der Waals surface area contributed by atoms with Crippen molar-refractivity contribution in [2.75, 3.05) is 6.54 Å². The van der Waals surface area contributed by atoms with Gasteiger partial charge in [0.15, 0.2) is 0 Å². The largest absolute Gasteiger partial charge is 0.460 e. The molecule has 2 aliphatic carbocycles. The molecule has 0 aromatic heterocycles. The van der Waals surface area contributed by atoms with Gasteiger partial charge in [-0.1, -0.05) is 42.0 Å². The summed E-state index contributed by atoms with van der Waals surface area (Å²) in [6.07, 6.45) is 8.85. The Kier molecular flexibility index (Phi) is 7.53. The molecule has 160 valence electrons. The number of carbonyl (C=O) groups excluding carboxylic acids is 1. The van der Waals surface area contributed by atoms with E-state index in [0.717, 1.165) is 0 Å². The van der Waals surface area contributed by atoms with Crippen molar-refractivity contribution in [2.45, 2.75) is 89.9 Å². The highest BCUT2D eigenvalue weighted by molar-refractivity contribution is 5.70. The van der Waals surface area contributed by atoms with Crippen LogP contribution >= 0.6 is 0 Å². The first-order valence-electron chi connectivity index (χ1n) is 11.2. The Hall–Kier alpha value is -1.65. The van der Waals surface area contributed by atoms with Gasteiger partial charge in [-0.05, 0) is 71.3 Å². The van der Waals surface area contributed by atoms with Gasteiger partial charge in [-0.2, -0.15) is 0 Å². The standard InChI is InChI=1S/C25H38N2O2/c1-18(16-19-8-6-5-7-9-19)22-17-23(22)27-21-12-10-20(11-13-21)26-15-14-24(28)29-25(2,3)4/h5-9,16,20-23,26-27H,10-15,17H2,1-4H3. The van der Waals surface area contributed by atoms with Crippen LogP contribution in [0.1, 0.15) is 71.8 Å². The molecule has 0 radical (unpaired) electrons. The van der Waals surface area contributed by atoms with Crippen molar-refractivity contribution in [2.24, 2.45) is 5.92 Å². The number of ether oxygens (including phenoxy) is 1. The van der Waals surface area contributed by atoms with E-state index in [9.17, 15) is 4.79 Å². The Labute approximate surface area is 176 Å². The van der Waals surface area contributed by atoms with Gasteiger partial charge in [-0.3, -0.25) is 4.79 Å². The highest BCUT2D eigenvalue weighted by Crippen LogP contribution is 2.39. The number of hydrogen-bond donors (Lipinski definition) is 2. The second kappa shape index (κ2) is 9.90. The number of esters is 1. The molecule has 0 spiro atoms. The van der Waals surface area contributed by atoms with Crippen LogP contribution in [0.4, 0.5) is 0 Å². The van der Waals surface area contributed by atoms with E-state index in [1.54, 1.807) is 0 Å². The Bertz CT molecular complexity index is 685. The lowest BCUT2D eigenvalue weighted by atomic mass is 9.91. The molecule has 0 amide bonds. The molecule has 1 aromatic carbocycles. The van der Waals surface area contributed by atoms with Gasteiger partial charge in [0.1, 0.15) is 5.60 Å². The van der Waals surface area contributed by atoms with Gasteiger partial charge in [0.05, 0.1) is 6.42 Å². The summed E-state index contributed by atoms with van der Waals surface area (Å²) in [4.78, 5) is 11.8. The number of benzene rings is 1. The third-order valence-electron chi connectivity index (χ3n) is 5.93. The smallest absolute Gasteiger partial charge is 0.307 e. The molecule has 2 unspecified atom stereocenters. The Morgan fingerprint density at radius 2 is 1.76 bits per heavy atom. The van der Waals surface area contributed by atoms with Gasteiger partial charge >= 0.3 is 5.97 Å². The van der Waals surface area contributed by atoms with Crippen LogP contribution in [0.3, 0.4) is 0 Å². The first-order valence-corrected chi connectivity index (χ1v) is 11.2. The Morgan fingerprint density at radius 1 is 1.10 bits per heavy atom. The van der Waals surface area contributed by atoms with Crippen molar-refractivity contribution in [3.63, 3.8) is 0 Å². The van der Waals surface area contributed by atoms with E-state index in [2.05, 4.69) is 54.0 Å². The van der Waals surface area contributed by atoms with Crippen molar-refractivity contribution in [3.05, 3.63) is 41.5 Å². The lowest BCUT2D eigenvalue weighted by Crippen LogP contribution is -2.41. The molecule has 2 atom stereocenters. The summed E-state index contributed by atoms with van der Waals surface area (Å²) in [7, 11) is 0. The predicted molar refractivity (Wildman–Crippen MR) is 120 cm³/mol. The van der Waals surface area contributed by atoms with Gasteiger partial charge < -0.3 is 15.4 Å². The summed E-state index contributed by atoms with van der Waals surface area (Å²) in [6, 6.07) is 12.4. The molecule has 0 saturated heterocycles. The molecule has 4 nitrogen and oxygen atoms in total. The second-order valence-corrected chi connectivity index (χ2v) is 9.75. The van der Waals surface area contributed by atoms with E-state index >= 15 is 0 Å². The molecule has 2 fully saturated rings. The van der Waals surface area contributed by atoms with Crippen LogP contribution in [-0.4, -0.2) is 36.2 Å². The average molecular weight is 399 g/mol. The van der Waals surface area contributed by atoms with Crippen molar-refractivity contribution in [1.29, 1.82) is 0 Å². The highest BCUT2D eigenvalue weighted by atomic mass is 16.6. The van der Waals surface area contributed by atoms with Crippen LogP contribution in [0.25, 0.3) is 6.08 Å². The zero-order valence-electron chi connectivity index (χ0n) is 18.5. The molecule has 2 aliphatic rings. The molecular weight excluding hydrogens is 360 g/mol. The number of rotatable bonds is 8. The maximum absolute atomic E-state index is 11.8. The van der Waals surface area contributed by atoms with Gasteiger partial charge in [-0.15, -0.1) is 0 Å². The molecule has 0 bridgehead atoms. The fourth-order valence-electron chi connectivity index (χ4n) is 4.34. The number of nitrogens with one attached hydrogen (secondary N) is 2. The molecule has 4 heteroatoms. The Balaban J connectivity index is 1.31. The monoisotopic (exact) mass is 398 g/mol. The molecular formula is C25H38N2O2. The number of hydrogen-bond acceptors (Lipinski definition) is 4. The fourth-order valence-corrected chi connectivity index (χ4v) is 4.34. The molecule has 1 aromatic rings. The van der Waals surface area contributed by atoms with E-state index in [4.69, 9.17) is 4.74 Å². The van der Waals surface area contributed by atoms with Crippen LogP contribution in [0, 0.1) is 5.92 Å². The molecule has 2 saturated carbocycles. The van der Waals surface area contributed by atoms with E-state index in [-0.39, 0.29) is 5.97 Å². The summed E-state index contributed by atoms with van der Waals surface area (Å²) in [5.41, 5.74) is 2.40. The van der Waals surface area contributed by atoms with E-state index in [1.807, 2.05) is 20.8 Å². The lowest BCUT2D eigenvalue weighted by molar-refractivity contribution is -0.154. The minimum atomic E-state index is -0.393. The first-order chi connectivity index (χ1) is 13.8. The molecule has 3 rings (SSSR count). The number of carbonyl (C=O) groups is 1. The summed E-state index contributed by atoms with van der Waals surface area (Å²) in [5.74, 6) is 0.582.